The van der Waals surface area contributed by atoms with Gasteiger partial charge in [0.15, 0.2) is 0 Å². The molecular formula is C8H8F2N2O3. The van der Waals surface area contributed by atoms with Crippen LogP contribution in [0.4, 0.5) is 14.5 Å². The molecule has 1 heterocycles. The fourth-order valence-electron chi connectivity index (χ4n) is 1.08. The fourth-order valence-corrected chi connectivity index (χ4v) is 1.08. The summed E-state index contributed by atoms with van der Waals surface area (Å²) in [5.41, 5.74) is 3.83. The van der Waals surface area contributed by atoms with Crippen LogP contribution in [0.3, 0.4) is 0 Å². The number of rotatable bonds is 3. The van der Waals surface area contributed by atoms with Crippen LogP contribution in [-0.4, -0.2) is 21.2 Å². The second-order valence-electron chi connectivity index (χ2n) is 2.79. The Morgan fingerprint density at radius 3 is 2.67 bits per heavy atom. The number of anilines is 1. The average Bonchev–Trinajstić information content (AvgIpc) is 2.11. The van der Waals surface area contributed by atoms with Crippen molar-refractivity contribution in [1.82, 2.24) is 4.98 Å². The van der Waals surface area contributed by atoms with Gasteiger partial charge in [0.25, 0.3) is 6.43 Å². The number of halogens is 2. The Morgan fingerprint density at radius 2 is 2.20 bits per heavy atom. The molecule has 1 aromatic heterocycles. The quantitative estimate of drug-likeness (QED) is 0.701. The lowest BCUT2D eigenvalue weighted by Crippen LogP contribution is -2.08. The zero-order valence-corrected chi connectivity index (χ0v) is 7.44. The molecule has 0 saturated heterocycles. The lowest BCUT2D eigenvalue weighted by atomic mass is 10.1. The number of carbonyl (C=O) groups is 1. The highest BCUT2D eigenvalue weighted by Crippen LogP contribution is 2.30. The Hall–Kier alpha value is -1.92. The summed E-state index contributed by atoms with van der Waals surface area (Å²) >= 11 is 0. The summed E-state index contributed by atoms with van der Waals surface area (Å²) in [4.78, 5) is 13.6. The lowest BCUT2D eigenvalue weighted by Gasteiger charge is -2.09. The first-order valence-corrected chi connectivity index (χ1v) is 3.89. The van der Waals surface area contributed by atoms with E-state index in [1.54, 1.807) is 0 Å². The van der Waals surface area contributed by atoms with E-state index in [0.29, 0.717) is 0 Å². The van der Waals surface area contributed by atoms with Crippen molar-refractivity contribution in [3.8, 4) is 5.75 Å². The predicted molar refractivity (Wildman–Crippen MR) is 46.6 cm³/mol. The number of pyridine rings is 1. The summed E-state index contributed by atoms with van der Waals surface area (Å²) in [5.74, 6) is -1.78. The standard InChI is InChI=1S/C8H8F2N2O3/c9-8(10)7-6(11)3(1-5(14)15)4(13)2-12-7/h2,8,13H,1,11H2,(H,14,15). The van der Waals surface area contributed by atoms with E-state index in [-0.39, 0.29) is 5.56 Å². The van der Waals surface area contributed by atoms with Crippen LogP contribution < -0.4 is 5.73 Å². The van der Waals surface area contributed by atoms with Crippen molar-refractivity contribution in [2.45, 2.75) is 12.8 Å². The third kappa shape index (κ3) is 2.30. The second kappa shape index (κ2) is 4.07. The minimum absolute atomic E-state index is 0.243. The van der Waals surface area contributed by atoms with E-state index in [2.05, 4.69) is 4.98 Å². The van der Waals surface area contributed by atoms with Crippen molar-refractivity contribution < 1.29 is 23.8 Å². The Kier molecular flexibility index (Phi) is 3.03. The van der Waals surface area contributed by atoms with Crippen molar-refractivity contribution in [3.05, 3.63) is 17.5 Å². The molecule has 1 rings (SSSR count). The molecule has 0 aliphatic rings. The maximum Gasteiger partial charge on any atom is 0.308 e. The lowest BCUT2D eigenvalue weighted by molar-refractivity contribution is -0.136. The second-order valence-corrected chi connectivity index (χ2v) is 2.79. The van der Waals surface area contributed by atoms with E-state index in [0.717, 1.165) is 6.20 Å². The monoisotopic (exact) mass is 218 g/mol. The first-order valence-electron chi connectivity index (χ1n) is 3.89. The summed E-state index contributed by atoms with van der Waals surface area (Å²) in [6.45, 7) is 0. The molecule has 0 aromatic carbocycles. The zero-order chi connectivity index (χ0) is 11.6. The van der Waals surface area contributed by atoms with Crippen LogP contribution in [0.5, 0.6) is 5.75 Å². The number of carboxylic acid groups (broad SMARTS) is 1. The van der Waals surface area contributed by atoms with Crippen LogP contribution in [0.2, 0.25) is 0 Å². The minimum Gasteiger partial charge on any atom is -0.506 e. The normalized spacial score (nSPS) is 10.6. The van der Waals surface area contributed by atoms with Gasteiger partial charge in [0.2, 0.25) is 0 Å². The van der Waals surface area contributed by atoms with Gasteiger partial charge in [-0.3, -0.25) is 4.79 Å². The number of carboxylic acids is 1. The molecule has 7 heteroatoms. The van der Waals surface area contributed by atoms with Gasteiger partial charge in [0.1, 0.15) is 11.4 Å². The van der Waals surface area contributed by atoms with Crippen LogP contribution in [0.25, 0.3) is 0 Å². The first-order chi connectivity index (χ1) is 6.93. The highest BCUT2D eigenvalue weighted by Gasteiger charge is 2.20. The summed E-state index contributed by atoms with van der Waals surface area (Å²) in [5, 5.41) is 17.7. The molecule has 0 amide bonds. The predicted octanol–water partition coefficient (Wildman–Crippen LogP) is 0.934. The van der Waals surface area contributed by atoms with Crippen LogP contribution in [0.15, 0.2) is 6.20 Å². The van der Waals surface area contributed by atoms with Crippen LogP contribution in [-0.2, 0) is 11.2 Å². The Bertz CT molecular complexity index is 396. The number of hydrogen-bond acceptors (Lipinski definition) is 4. The van der Waals surface area contributed by atoms with E-state index in [4.69, 9.17) is 10.8 Å². The fraction of sp³-hybridized carbons (Fsp3) is 0.250. The number of aromatic nitrogens is 1. The molecule has 4 N–H and O–H groups in total. The number of nitrogens with zero attached hydrogens (tertiary/aromatic N) is 1. The van der Waals surface area contributed by atoms with Crippen molar-refractivity contribution >= 4 is 11.7 Å². The summed E-state index contributed by atoms with van der Waals surface area (Å²) in [6.07, 6.45) is -2.77. The summed E-state index contributed by atoms with van der Waals surface area (Å²) in [6, 6.07) is 0. The molecule has 15 heavy (non-hydrogen) atoms. The molecule has 0 spiro atoms. The van der Waals surface area contributed by atoms with Crippen LogP contribution in [0.1, 0.15) is 17.7 Å². The van der Waals surface area contributed by atoms with E-state index in [9.17, 15) is 18.7 Å². The molecule has 0 unspecified atom stereocenters. The van der Waals surface area contributed by atoms with E-state index < -0.39 is 35.9 Å². The topological polar surface area (TPSA) is 96.4 Å². The highest BCUT2D eigenvalue weighted by molar-refractivity contribution is 5.75. The zero-order valence-electron chi connectivity index (χ0n) is 7.44. The maximum absolute atomic E-state index is 12.3. The smallest absolute Gasteiger partial charge is 0.308 e. The Labute approximate surface area is 83.2 Å². The largest absolute Gasteiger partial charge is 0.506 e. The molecule has 5 nitrogen and oxygen atoms in total. The van der Waals surface area contributed by atoms with Crippen LogP contribution in [0, 0.1) is 0 Å². The van der Waals surface area contributed by atoms with E-state index >= 15 is 0 Å². The SMILES string of the molecule is Nc1c(C(F)F)ncc(O)c1CC(=O)O. The number of aliphatic carboxylic acids is 1. The average molecular weight is 218 g/mol. The molecule has 0 fully saturated rings. The molecule has 82 valence electrons. The van der Waals surface area contributed by atoms with Crippen molar-refractivity contribution in [3.63, 3.8) is 0 Å². The molecule has 0 aliphatic heterocycles. The van der Waals surface area contributed by atoms with Gasteiger partial charge in [0, 0.05) is 5.56 Å². The van der Waals surface area contributed by atoms with E-state index in [1.165, 1.54) is 0 Å². The van der Waals surface area contributed by atoms with Gasteiger partial charge in [-0.1, -0.05) is 0 Å². The number of nitrogen functional groups attached to an aromatic ring is 1. The number of hydrogen-bond donors (Lipinski definition) is 3. The van der Waals surface area contributed by atoms with Crippen molar-refractivity contribution in [2.24, 2.45) is 0 Å². The van der Waals surface area contributed by atoms with Gasteiger partial charge in [-0.2, -0.15) is 0 Å². The Morgan fingerprint density at radius 1 is 1.60 bits per heavy atom. The van der Waals surface area contributed by atoms with Gasteiger partial charge in [-0.25, -0.2) is 13.8 Å². The number of alkyl halides is 2. The van der Waals surface area contributed by atoms with Crippen molar-refractivity contribution in [1.29, 1.82) is 0 Å². The molecule has 0 atom stereocenters. The van der Waals surface area contributed by atoms with E-state index in [1.807, 2.05) is 0 Å². The van der Waals surface area contributed by atoms with Gasteiger partial charge in [-0.05, 0) is 0 Å². The third-order valence-electron chi connectivity index (χ3n) is 1.77. The Balaban J connectivity index is 3.23. The first kappa shape index (κ1) is 11.2. The molecule has 0 bridgehead atoms. The molecule has 0 radical (unpaired) electrons. The number of aromatic hydroxyl groups is 1. The maximum atomic E-state index is 12.3. The van der Waals surface area contributed by atoms with Gasteiger partial charge in [0.05, 0.1) is 18.3 Å². The van der Waals surface area contributed by atoms with Gasteiger partial charge >= 0.3 is 5.97 Å². The highest BCUT2D eigenvalue weighted by atomic mass is 19.3. The molecule has 0 aliphatic carbocycles. The summed E-state index contributed by atoms with van der Waals surface area (Å²) < 4.78 is 24.6. The molecule has 1 aromatic rings. The number of nitrogens with two attached hydrogens (primary N) is 1. The molecule has 0 saturated carbocycles. The van der Waals surface area contributed by atoms with Gasteiger partial charge in [-0.15, -0.1) is 0 Å². The molecular weight excluding hydrogens is 210 g/mol. The minimum atomic E-state index is -2.90. The summed E-state index contributed by atoms with van der Waals surface area (Å²) in [7, 11) is 0. The van der Waals surface area contributed by atoms with Crippen LogP contribution >= 0.6 is 0 Å². The van der Waals surface area contributed by atoms with Gasteiger partial charge < -0.3 is 15.9 Å². The van der Waals surface area contributed by atoms with Crippen molar-refractivity contribution in [2.75, 3.05) is 5.73 Å². The third-order valence-corrected chi connectivity index (χ3v) is 1.77.